The van der Waals surface area contributed by atoms with Gasteiger partial charge in [-0.3, -0.25) is 0 Å². The highest BCUT2D eigenvalue weighted by Gasteiger charge is 2.25. The van der Waals surface area contributed by atoms with Crippen LogP contribution in [0.5, 0.6) is 0 Å². The monoisotopic (exact) mass is 293 g/mol. The van der Waals surface area contributed by atoms with Crippen LogP contribution in [0.2, 0.25) is 0 Å². The van der Waals surface area contributed by atoms with Crippen molar-refractivity contribution >= 4 is 6.03 Å². The van der Waals surface area contributed by atoms with Crippen molar-refractivity contribution in [2.24, 2.45) is 0 Å². The second-order valence-electron chi connectivity index (χ2n) is 5.00. The molecule has 116 valence electrons. The first-order valence-electron chi connectivity index (χ1n) is 7.32. The Morgan fingerprint density at radius 1 is 1.57 bits per heavy atom. The Labute approximate surface area is 124 Å². The highest BCUT2D eigenvalue weighted by atomic mass is 16.5. The van der Waals surface area contributed by atoms with Gasteiger partial charge in [-0.1, -0.05) is 12.2 Å². The van der Waals surface area contributed by atoms with Gasteiger partial charge in [0, 0.05) is 20.2 Å². The number of nitrogens with zero attached hydrogens (tertiary/aromatic N) is 3. The Balaban J connectivity index is 1.91. The summed E-state index contributed by atoms with van der Waals surface area (Å²) in [6.07, 6.45) is 6.69. The number of allylic oxidation sites excluding steroid dienone is 1. The summed E-state index contributed by atoms with van der Waals surface area (Å²) in [6, 6.07) is -0.243. The maximum atomic E-state index is 11.9. The molecule has 0 saturated carbocycles. The molecule has 0 spiro atoms. The van der Waals surface area contributed by atoms with E-state index in [1.165, 1.54) is 0 Å². The number of carbonyl (C=O) groups is 1. The normalized spacial score (nSPS) is 17.7. The minimum absolute atomic E-state index is 0.0847. The molecule has 21 heavy (non-hydrogen) atoms. The highest BCUT2D eigenvalue weighted by Crippen LogP contribution is 2.23. The molecule has 2 N–H and O–H groups in total. The minimum atomic E-state index is -0.158. The highest BCUT2D eigenvalue weighted by molar-refractivity contribution is 5.74. The van der Waals surface area contributed by atoms with Crippen LogP contribution in [0.3, 0.4) is 0 Å². The van der Waals surface area contributed by atoms with Gasteiger partial charge in [0.2, 0.25) is 0 Å². The molecule has 1 aromatic rings. The molecule has 0 bridgehead atoms. The lowest BCUT2D eigenvalue weighted by Gasteiger charge is -2.23. The molecule has 2 amide bonds. The Morgan fingerprint density at radius 2 is 2.43 bits per heavy atom. The zero-order valence-corrected chi connectivity index (χ0v) is 12.6. The average Bonchev–Trinajstić information content (AvgIpc) is 2.88. The molecule has 0 aromatic carbocycles. The van der Waals surface area contributed by atoms with Crippen molar-refractivity contribution in [2.75, 3.05) is 13.7 Å². The van der Waals surface area contributed by atoms with Crippen molar-refractivity contribution in [3.8, 4) is 0 Å². The number of rotatable bonds is 6. The first-order chi connectivity index (χ1) is 10.2. The van der Waals surface area contributed by atoms with E-state index in [9.17, 15) is 4.79 Å². The van der Waals surface area contributed by atoms with Gasteiger partial charge in [0.25, 0.3) is 0 Å². The standard InChI is InChI=1S/C14H23N5O2/c1-3-4-5-8-15-14(20)16-11-7-6-9-19-13(11)17-12(18-19)10-21-2/h3-4,11H,5-10H2,1-2H3,(H2,15,16,20). The van der Waals surface area contributed by atoms with E-state index in [2.05, 4.69) is 20.7 Å². The molecule has 0 fully saturated rings. The Kier molecular flexibility index (Phi) is 5.74. The van der Waals surface area contributed by atoms with Crippen molar-refractivity contribution in [1.29, 1.82) is 0 Å². The minimum Gasteiger partial charge on any atom is -0.377 e. The first kappa shape index (κ1) is 15.5. The Morgan fingerprint density at radius 3 is 3.19 bits per heavy atom. The van der Waals surface area contributed by atoms with Gasteiger partial charge in [-0.05, 0) is 26.2 Å². The van der Waals surface area contributed by atoms with Crippen LogP contribution in [0, 0.1) is 0 Å². The molecular formula is C14H23N5O2. The van der Waals surface area contributed by atoms with Gasteiger partial charge in [0.15, 0.2) is 5.82 Å². The number of aryl methyl sites for hydroxylation is 1. The first-order valence-corrected chi connectivity index (χ1v) is 7.32. The number of methoxy groups -OCH3 is 1. The number of amides is 2. The largest absolute Gasteiger partial charge is 0.377 e. The molecule has 0 aliphatic carbocycles. The van der Waals surface area contributed by atoms with Crippen LogP contribution in [0.4, 0.5) is 4.79 Å². The molecule has 7 heteroatoms. The molecule has 7 nitrogen and oxygen atoms in total. The van der Waals surface area contributed by atoms with E-state index in [1.54, 1.807) is 7.11 Å². The maximum absolute atomic E-state index is 11.9. The summed E-state index contributed by atoms with van der Waals surface area (Å²) >= 11 is 0. The fourth-order valence-corrected chi connectivity index (χ4v) is 2.37. The van der Waals surface area contributed by atoms with E-state index in [1.807, 2.05) is 23.8 Å². The second-order valence-corrected chi connectivity index (χ2v) is 5.00. The summed E-state index contributed by atoms with van der Waals surface area (Å²) in [5, 5.41) is 10.2. The molecule has 1 aromatic heterocycles. The van der Waals surface area contributed by atoms with Gasteiger partial charge in [-0.15, -0.1) is 0 Å². The second kappa shape index (κ2) is 7.78. The summed E-state index contributed by atoms with van der Waals surface area (Å²) in [5.41, 5.74) is 0. The lowest BCUT2D eigenvalue weighted by molar-refractivity contribution is 0.177. The van der Waals surface area contributed by atoms with Crippen molar-refractivity contribution in [3.63, 3.8) is 0 Å². The topological polar surface area (TPSA) is 81.1 Å². The van der Waals surface area contributed by atoms with Gasteiger partial charge in [0.1, 0.15) is 12.4 Å². The van der Waals surface area contributed by atoms with E-state index in [4.69, 9.17) is 4.74 Å². The number of hydrogen-bond acceptors (Lipinski definition) is 4. The molecule has 1 atom stereocenters. The third kappa shape index (κ3) is 4.29. The average molecular weight is 293 g/mol. The van der Waals surface area contributed by atoms with Crippen LogP contribution >= 0.6 is 0 Å². The summed E-state index contributed by atoms with van der Waals surface area (Å²) in [4.78, 5) is 16.3. The fourth-order valence-electron chi connectivity index (χ4n) is 2.37. The number of nitrogens with one attached hydrogen (secondary N) is 2. The van der Waals surface area contributed by atoms with Gasteiger partial charge in [-0.25, -0.2) is 14.5 Å². The molecule has 1 aliphatic heterocycles. The van der Waals surface area contributed by atoms with Crippen molar-refractivity contribution in [2.45, 2.75) is 45.4 Å². The molecule has 1 aliphatic rings. The van der Waals surface area contributed by atoms with Gasteiger partial charge >= 0.3 is 6.03 Å². The molecule has 0 radical (unpaired) electrons. The molecule has 2 rings (SSSR count). The fraction of sp³-hybridized carbons (Fsp3) is 0.643. The third-order valence-electron chi connectivity index (χ3n) is 3.33. The van der Waals surface area contributed by atoms with Gasteiger partial charge in [-0.2, -0.15) is 5.10 Å². The van der Waals surface area contributed by atoms with Crippen LogP contribution in [0.15, 0.2) is 12.2 Å². The summed E-state index contributed by atoms with van der Waals surface area (Å²) in [7, 11) is 1.62. The Bertz CT molecular complexity index is 498. The number of hydrogen-bond donors (Lipinski definition) is 2. The van der Waals surface area contributed by atoms with E-state index < -0.39 is 0 Å². The molecule has 0 saturated heterocycles. The summed E-state index contributed by atoms with van der Waals surface area (Å²) < 4.78 is 6.92. The van der Waals surface area contributed by atoms with Crippen molar-refractivity contribution in [1.82, 2.24) is 25.4 Å². The molecule has 2 heterocycles. The number of urea groups is 1. The molecular weight excluding hydrogens is 270 g/mol. The van der Waals surface area contributed by atoms with E-state index in [-0.39, 0.29) is 12.1 Å². The van der Waals surface area contributed by atoms with Crippen molar-refractivity contribution in [3.05, 3.63) is 23.8 Å². The molecule has 1 unspecified atom stereocenters. The zero-order valence-electron chi connectivity index (χ0n) is 12.6. The summed E-state index contributed by atoms with van der Waals surface area (Å²) in [5.74, 6) is 1.48. The van der Waals surface area contributed by atoms with E-state index >= 15 is 0 Å². The van der Waals surface area contributed by atoms with Crippen LogP contribution in [-0.4, -0.2) is 34.5 Å². The van der Waals surface area contributed by atoms with Crippen LogP contribution in [-0.2, 0) is 17.9 Å². The van der Waals surface area contributed by atoms with Crippen molar-refractivity contribution < 1.29 is 9.53 Å². The predicted molar refractivity (Wildman–Crippen MR) is 78.7 cm³/mol. The quantitative estimate of drug-likeness (QED) is 0.615. The lowest BCUT2D eigenvalue weighted by atomic mass is 10.1. The van der Waals surface area contributed by atoms with Gasteiger partial charge in [0.05, 0.1) is 6.04 Å². The number of fused-ring (bicyclic) bond motifs is 1. The van der Waals surface area contributed by atoms with E-state index in [0.717, 1.165) is 31.6 Å². The summed E-state index contributed by atoms with van der Waals surface area (Å²) in [6.45, 7) is 3.83. The number of ether oxygens (including phenoxy) is 1. The predicted octanol–water partition coefficient (Wildman–Crippen LogP) is 1.52. The van der Waals surface area contributed by atoms with Crippen LogP contribution < -0.4 is 10.6 Å². The smallest absolute Gasteiger partial charge is 0.315 e. The number of carbonyl (C=O) groups excluding carboxylic acids is 1. The third-order valence-corrected chi connectivity index (χ3v) is 3.33. The number of aromatic nitrogens is 3. The maximum Gasteiger partial charge on any atom is 0.315 e. The van der Waals surface area contributed by atoms with E-state index in [0.29, 0.717) is 19.0 Å². The zero-order chi connectivity index (χ0) is 15.1. The van der Waals surface area contributed by atoms with Crippen LogP contribution in [0.1, 0.15) is 43.9 Å². The lowest BCUT2D eigenvalue weighted by Crippen LogP contribution is -2.40. The SMILES string of the molecule is CC=CCCNC(=O)NC1CCCn2nc(COC)nc21. The Hall–Kier alpha value is -1.89. The van der Waals surface area contributed by atoms with Crippen LogP contribution in [0.25, 0.3) is 0 Å². The van der Waals surface area contributed by atoms with Gasteiger partial charge < -0.3 is 15.4 Å².